The Labute approximate surface area is 147 Å². The summed E-state index contributed by atoms with van der Waals surface area (Å²) in [6.07, 6.45) is 3.36. The molecule has 0 bridgehead atoms. The van der Waals surface area contributed by atoms with Crippen molar-refractivity contribution in [1.29, 1.82) is 0 Å². The van der Waals surface area contributed by atoms with E-state index in [9.17, 15) is 4.79 Å². The summed E-state index contributed by atoms with van der Waals surface area (Å²) in [7, 11) is 0. The Morgan fingerprint density at radius 3 is 3.00 bits per heavy atom. The summed E-state index contributed by atoms with van der Waals surface area (Å²) in [6, 6.07) is 5.40. The van der Waals surface area contributed by atoms with Crippen LogP contribution in [0.1, 0.15) is 31.7 Å². The molecule has 0 saturated carbocycles. The van der Waals surface area contributed by atoms with E-state index in [4.69, 9.17) is 32.7 Å². The van der Waals surface area contributed by atoms with E-state index in [-0.39, 0.29) is 18.1 Å². The Bertz CT molecular complexity index is 519. The first-order valence-electron chi connectivity index (χ1n) is 7.97. The molecule has 2 unspecified atom stereocenters. The van der Waals surface area contributed by atoms with Crippen molar-refractivity contribution in [3.8, 4) is 0 Å². The highest BCUT2D eigenvalue weighted by atomic mass is 35.5. The minimum absolute atomic E-state index is 0.000610. The number of ether oxygens (including phenoxy) is 2. The topological polar surface area (TPSA) is 47.6 Å². The van der Waals surface area contributed by atoms with Crippen LogP contribution >= 0.6 is 23.2 Å². The van der Waals surface area contributed by atoms with Crippen LogP contribution in [0.2, 0.25) is 10.0 Å². The van der Waals surface area contributed by atoms with Crippen LogP contribution in [-0.2, 0) is 20.7 Å². The molecule has 1 aromatic carbocycles. The van der Waals surface area contributed by atoms with Gasteiger partial charge in [0.15, 0.2) is 0 Å². The first kappa shape index (κ1) is 18.5. The fraction of sp³-hybridized carbons (Fsp3) is 0.588. The van der Waals surface area contributed by atoms with Crippen LogP contribution in [0, 0.1) is 0 Å². The van der Waals surface area contributed by atoms with E-state index >= 15 is 0 Å². The molecule has 0 radical (unpaired) electrons. The molecular weight excluding hydrogens is 337 g/mol. The van der Waals surface area contributed by atoms with Gasteiger partial charge in [-0.15, -0.1) is 0 Å². The molecule has 1 N–H and O–H groups in total. The zero-order valence-corrected chi connectivity index (χ0v) is 14.8. The number of halogens is 2. The van der Waals surface area contributed by atoms with Crippen LogP contribution in [-0.4, -0.2) is 37.9 Å². The van der Waals surface area contributed by atoms with Crippen LogP contribution in [0.5, 0.6) is 0 Å². The number of hydrogen-bond donors (Lipinski definition) is 1. The van der Waals surface area contributed by atoms with Gasteiger partial charge in [0.1, 0.15) is 0 Å². The highest BCUT2D eigenvalue weighted by molar-refractivity contribution is 6.35. The standard InChI is InChI=1S/C17H23Cl2NO3/c1-12(9-13-4-5-14(18)10-16(13)19)20-17(21)6-8-22-11-15-3-2-7-23-15/h4-5,10,12,15H,2-3,6-9,11H2,1H3,(H,20,21). The third kappa shape index (κ3) is 6.68. The average Bonchev–Trinajstić information content (AvgIpc) is 3.00. The molecule has 1 amide bonds. The quantitative estimate of drug-likeness (QED) is 0.721. The minimum Gasteiger partial charge on any atom is -0.378 e. The smallest absolute Gasteiger partial charge is 0.222 e. The Kier molecular flexibility index (Phi) is 7.63. The van der Waals surface area contributed by atoms with Crippen molar-refractivity contribution in [2.24, 2.45) is 0 Å². The molecule has 2 rings (SSSR count). The van der Waals surface area contributed by atoms with Crippen molar-refractivity contribution in [3.05, 3.63) is 33.8 Å². The maximum absolute atomic E-state index is 11.9. The summed E-state index contributed by atoms with van der Waals surface area (Å²) in [5.74, 6) is -0.0186. The fourth-order valence-electron chi connectivity index (χ4n) is 2.57. The Morgan fingerprint density at radius 2 is 2.30 bits per heavy atom. The first-order chi connectivity index (χ1) is 11.0. The van der Waals surface area contributed by atoms with Crippen molar-refractivity contribution in [3.63, 3.8) is 0 Å². The normalized spacial score (nSPS) is 18.8. The molecule has 1 aromatic rings. The lowest BCUT2D eigenvalue weighted by atomic mass is 10.1. The van der Waals surface area contributed by atoms with Crippen LogP contribution in [0.3, 0.4) is 0 Å². The lowest BCUT2D eigenvalue weighted by Crippen LogP contribution is -2.34. The molecule has 2 atom stereocenters. The van der Waals surface area contributed by atoms with Gasteiger partial charge in [-0.05, 0) is 43.9 Å². The summed E-state index contributed by atoms with van der Waals surface area (Å²) in [6.45, 7) is 3.76. The summed E-state index contributed by atoms with van der Waals surface area (Å²) < 4.78 is 11.0. The van der Waals surface area contributed by atoms with Gasteiger partial charge in [0, 0.05) is 29.1 Å². The van der Waals surface area contributed by atoms with E-state index in [1.54, 1.807) is 12.1 Å². The monoisotopic (exact) mass is 359 g/mol. The number of benzene rings is 1. The van der Waals surface area contributed by atoms with Gasteiger partial charge in [-0.3, -0.25) is 4.79 Å². The van der Waals surface area contributed by atoms with Crippen LogP contribution < -0.4 is 5.32 Å². The predicted molar refractivity (Wildman–Crippen MR) is 92.2 cm³/mol. The first-order valence-corrected chi connectivity index (χ1v) is 8.73. The molecule has 0 aliphatic carbocycles. The number of hydrogen-bond acceptors (Lipinski definition) is 3. The van der Waals surface area contributed by atoms with Gasteiger partial charge in [0.25, 0.3) is 0 Å². The number of carbonyl (C=O) groups excluding carboxylic acids is 1. The van der Waals surface area contributed by atoms with Crippen molar-refractivity contribution in [2.45, 2.75) is 44.8 Å². The highest BCUT2D eigenvalue weighted by Crippen LogP contribution is 2.22. The molecule has 23 heavy (non-hydrogen) atoms. The van der Waals surface area contributed by atoms with E-state index < -0.39 is 0 Å². The Morgan fingerprint density at radius 1 is 1.48 bits per heavy atom. The van der Waals surface area contributed by atoms with Gasteiger partial charge in [0.2, 0.25) is 5.91 Å². The van der Waals surface area contributed by atoms with E-state index in [1.807, 2.05) is 13.0 Å². The van der Waals surface area contributed by atoms with Crippen molar-refractivity contribution >= 4 is 29.1 Å². The number of carbonyl (C=O) groups is 1. The summed E-state index contributed by atoms with van der Waals surface area (Å²) >= 11 is 12.0. The van der Waals surface area contributed by atoms with Gasteiger partial charge in [-0.1, -0.05) is 29.3 Å². The second-order valence-electron chi connectivity index (χ2n) is 5.87. The van der Waals surface area contributed by atoms with E-state index in [2.05, 4.69) is 5.32 Å². The van der Waals surface area contributed by atoms with Gasteiger partial charge in [-0.2, -0.15) is 0 Å². The molecule has 1 saturated heterocycles. The molecule has 1 aliphatic heterocycles. The number of amides is 1. The minimum atomic E-state index is -0.0186. The van der Waals surface area contributed by atoms with E-state index in [0.29, 0.717) is 36.1 Å². The van der Waals surface area contributed by atoms with Crippen LogP contribution in [0.25, 0.3) is 0 Å². The molecule has 1 heterocycles. The summed E-state index contributed by atoms with van der Waals surface area (Å²) in [5.41, 5.74) is 0.971. The zero-order valence-electron chi connectivity index (χ0n) is 13.3. The predicted octanol–water partition coefficient (Wildman–Crippen LogP) is 3.63. The second-order valence-corrected chi connectivity index (χ2v) is 6.71. The largest absolute Gasteiger partial charge is 0.378 e. The Balaban J connectivity index is 1.63. The SMILES string of the molecule is CC(Cc1ccc(Cl)cc1Cl)NC(=O)CCOCC1CCCO1. The molecule has 0 spiro atoms. The third-order valence-corrected chi connectivity index (χ3v) is 4.34. The zero-order chi connectivity index (χ0) is 16.7. The average molecular weight is 360 g/mol. The van der Waals surface area contributed by atoms with Crippen molar-refractivity contribution < 1.29 is 14.3 Å². The molecule has 6 heteroatoms. The molecular formula is C17H23Cl2NO3. The molecule has 1 aliphatic rings. The van der Waals surface area contributed by atoms with Gasteiger partial charge < -0.3 is 14.8 Å². The Hall–Kier alpha value is -0.810. The van der Waals surface area contributed by atoms with E-state index in [1.165, 1.54) is 0 Å². The molecule has 128 valence electrons. The van der Waals surface area contributed by atoms with Gasteiger partial charge in [0.05, 0.1) is 19.3 Å². The number of rotatable bonds is 8. The highest BCUT2D eigenvalue weighted by Gasteiger charge is 2.15. The van der Waals surface area contributed by atoms with Crippen molar-refractivity contribution in [1.82, 2.24) is 5.32 Å². The second kappa shape index (κ2) is 9.48. The van der Waals surface area contributed by atoms with Gasteiger partial charge >= 0.3 is 0 Å². The van der Waals surface area contributed by atoms with E-state index in [0.717, 1.165) is 25.0 Å². The lowest BCUT2D eigenvalue weighted by molar-refractivity contribution is -0.123. The maximum atomic E-state index is 11.9. The molecule has 1 fully saturated rings. The summed E-state index contributed by atoms with van der Waals surface area (Å²) in [4.78, 5) is 11.9. The van der Waals surface area contributed by atoms with Crippen LogP contribution in [0.4, 0.5) is 0 Å². The fourth-order valence-corrected chi connectivity index (χ4v) is 3.06. The summed E-state index contributed by atoms with van der Waals surface area (Å²) in [5, 5.41) is 4.19. The number of nitrogens with one attached hydrogen (secondary N) is 1. The lowest BCUT2D eigenvalue weighted by Gasteiger charge is -2.15. The van der Waals surface area contributed by atoms with Crippen LogP contribution in [0.15, 0.2) is 18.2 Å². The molecule has 4 nitrogen and oxygen atoms in total. The third-order valence-electron chi connectivity index (χ3n) is 3.75. The van der Waals surface area contributed by atoms with Gasteiger partial charge in [-0.25, -0.2) is 0 Å². The maximum Gasteiger partial charge on any atom is 0.222 e. The molecule has 0 aromatic heterocycles. The van der Waals surface area contributed by atoms with Crippen molar-refractivity contribution in [2.75, 3.05) is 19.8 Å².